The third-order valence-electron chi connectivity index (χ3n) is 5.94. The van der Waals surface area contributed by atoms with Gasteiger partial charge in [-0.3, -0.25) is 4.90 Å². The molecule has 0 atom stereocenters. The maximum absolute atomic E-state index is 13.3. The molecular weight excluding hydrogens is 539 g/mol. The van der Waals surface area contributed by atoms with Gasteiger partial charge in [-0.2, -0.15) is 13.2 Å². The van der Waals surface area contributed by atoms with Crippen molar-refractivity contribution in [2.45, 2.75) is 45.9 Å². The molecule has 216 valence electrons. The van der Waals surface area contributed by atoms with Crippen LogP contribution in [-0.4, -0.2) is 46.9 Å². The maximum Gasteiger partial charge on any atom is 0.414 e. The van der Waals surface area contributed by atoms with E-state index >= 15 is 0 Å². The van der Waals surface area contributed by atoms with Crippen LogP contribution < -0.4 is 9.64 Å². The number of para-hydroxylation sites is 1. The molecule has 2 aromatic carbocycles. The van der Waals surface area contributed by atoms with Gasteiger partial charge in [0.25, 0.3) is 0 Å². The number of carbonyl (C=O) groups is 2. The monoisotopic (exact) mass is 569 g/mol. The van der Waals surface area contributed by atoms with Crippen molar-refractivity contribution in [1.29, 1.82) is 0 Å². The zero-order valence-corrected chi connectivity index (χ0v) is 23.3. The largest absolute Gasteiger partial charge is 0.465 e. The van der Waals surface area contributed by atoms with E-state index in [1.807, 2.05) is 6.07 Å². The Hall–Kier alpha value is -4.54. The minimum Gasteiger partial charge on any atom is -0.465 e. The van der Waals surface area contributed by atoms with Crippen molar-refractivity contribution in [2.24, 2.45) is 0 Å². The number of alkyl halides is 3. The number of hydrogen-bond donors (Lipinski definition) is 0. The molecule has 0 radical (unpaired) electrons. The van der Waals surface area contributed by atoms with E-state index in [-0.39, 0.29) is 17.1 Å². The number of aryl methyl sites for hydroxylation is 1. The van der Waals surface area contributed by atoms with E-state index < -0.39 is 36.8 Å². The number of methoxy groups -OCH3 is 1. The fraction of sp³-hybridized carbons (Fsp3) is 0.300. The molecule has 4 rings (SSSR count). The van der Waals surface area contributed by atoms with E-state index in [1.165, 1.54) is 13.2 Å². The van der Waals surface area contributed by atoms with Crippen molar-refractivity contribution in [3.8, 4) is 22.8 Å². The van der Waals surface area contributed by atoms with Gasteiger partial charge in [0.2, 0.25) is 0 Å². The van der Waals surface area contributed by atoms with Crippen LogP contribution in [0, 0.1) is 6.92 Å². The first kappa shape index (κ1) is 29.4. The Balaban J connectivity index is 1.87. The van der Waals surface area contributed by atoms with Crippen LogP contribution >= 0.6 is 0 Å². The van der Waals surface area contributed by atoms with Gasteiger partial charge in [0.15, 0.2) is 5.65 Å². The third-order valence-corrected chi connectivity index (χ3v) is 5.94. The SMILES string of the molecule is COC(=O)c1ccc(-c2cn3cc(Oc4ccccc4)cc(N(CCC(F)(F)F)C(=O)OC(C)(C)C)c3n2)cc1C. The second-order valence-electron chi connectivity index (χ2n) is 10.4. The number of amides is 1. The summed E-state index contributed by atoms with van der Waals surface area (Å²) in [4.78, 5) is 30.9. The van der Waals surface area contributed by atoms with Crippen LogP contribution in [0.25, 0.3) is 16.9 Å². The Morgan fingerprint density at radius 3 is 2.29 bits per heavy atom. The summed E-state index contributed by atoms with van der Waals surface area (Å²) < 4.78 is 57.9. The maximum atomic E-state index is 13.3. The van der Waals surface area contributed by atoms with Crippen molar-refractivity contribution >= 4 is 23.4 Å². The Bertz CT molecular complexity index is 1560. The highest BCUT2D eigenvalue weighted by atomic mass is 19.4. The summed E-state index contributed by atoms with van der Waals surface area (Å²) in [6.07, 6.45) is -3.45. The first-order chi connectivity index (χ1) is 19.2. The predicted molar refractivity (Wildman–Crippen MR) is 147 cm³/mol. The molecule has 0 bridgehead atoms. The lowest BCUT2D eigenvalue weighted by Gasteiger charge is -2.28. The highest BCUT2D eigenvalue weighted by molar-refractivity contribution is 5.94. The molecule has 8 nitrogen and oxygen atoms in total. The number of imidazole rings is 1. The van der Waals surface area contributed by atoms with E-state index in [9.17, 15) is 22.8 Å². The number of nitrogens with zero attached hydrogens (tertiary/aromatic N) is 3. The van der Waals surface area contributed by atoms with E-state index in [4.69, 9.17) is 14.2 Å². The average molecular weight is 570 g/mol. The van der Waals surface area contributed by atoms with Crippen LogP contribution in [0.2, 0.25) is 0 Å². The number of benzene rings is 2. The van der Waals surface area contributed by atoms with E-state index in [2.05, 4.69) is 4.98 Å². The molecule has 4 aromatic rings. The molecule has 2 aromatic heterocycles. The summed E-state index contributed by atoms with van der Waals surface area (Å²) in [6, 6.07) is 15.3. The predicted octanol–water partition coefficient (Wildman–Crippen LogP) is 7.58. The Morgan fingerprint density at radius 2 is 1.68 bits per heavy atom. The smallest absolute Gasteiger partial charge is 0.414 e. The number of halogens is 3. The van der Waals surface area contributed by atoms with Gasteiger partial charge in [-0.15, -0.1) is 0 Å². The van der Waals surface area contributed by atoms with Gasteiger partial charge in [0.05, 0.1) is 36.7 Å². The zero-order chi connectivity index (χ0) is 29.9. The number of pyridine rings is 1. The number of carbonyl (C=O) groups excluding carboxylic acids is 2. The Labute approximate surface area is 235 Å². The number of anilines is 1. The van der Waals surface area contributed by atoms with Crippen LogP contribution in [-0.2, 0) is 9.47 Å². The summed E-state index contributed by atoms with van der Waals surface area (Å²) in [5, 5.41) is 0. The molecule has 0 N–H and O–H groups in total. The fourth-order valence-corrected chi connectivity index (χ4v) is 4.10. The number of rotatable bonds is 7. The van der Waals surface area contributed by atoms with Crippen LogP contribution in [0.1, 0.15) is 43.1 Å². The topological polar surface area (TPSA) is 82.4 Å². The molecule has 0 aliphatic carbocycles. The van der Waals surface area contributed by atoms with Gasteiger partial charge >= 0.3 is 18.2 Å². The van der Waals surface area contributed by atoms with E-state index in [1.54, 1.807) is 87.0 Å². The van der Waals surface area contributed by atoms with Crippen LogP contribution in [0.15, 0.2) is 67.0 Å². The lowest BCUT2D eigenvalue weighted by atomic mass is 10.0. The summed E-state index contributed by atoms with van der Waals surface area (Å²) in [5.41, 5.74) is 1.48. The van der Waals surface area contributed by atoms with Crippen LogP contribution in [0.4, 0.5) is 23.7 Å². The van der Waals surface area contributed by atoms with Crippen LogP contribution in [0.5, 0.6) is 11.5 Å². The molecule has 0 unspecified atom stereocenters. The van der Waals surface area contributed by atoms with Crippen molar-refractivity contribution < 1.29 is 37.0 Å². The molecule has 41 heavy (non-hydrogen) atoms. The molecule has 0 saturated heterocycles. The number of esters is 1. The number of fused-ring (bicyclic) bond motifs is 1. The van der Waals surface area contributed by atoms with Gasteiger partial charge in [0.1, 0.15) is 17.1 Å². The first-order valence-electron chi connectivity index (χ1n) is 12.8. The molecule has 0 aliphatic heterocycles. The fourth-order valence-electron chi connectivity index (χ4n) is 4.10. The normalized spacial score (nSPS) is 11.8. The molecule has 0 aliphatic rings. The number of aromatic nitrogens is 2. The zero-order valence-electron chi connectivity index (χ0n) is 23.3. The second-order valence-corrected chi connectivity index (χ2v) is 10.4. The summed E-state index contributed by atoms with van der Waals surface area (Å²) in [7, 11) is 1.30. The first-order valence-corrected chi connectivity index (χ1v) is 12.8. The van der Waals surface area contributed by atoms with Crippen molar-refractivity contribution in [3.63, 3.8) is 0 Å². The molecule has 0 spiro atoms. The van der Waals surface area contributed by atoms with Crippen molar-refractivity contribution in [3.05, 3.63) is 78.1 Å². The molecule has 0 fully saturated rings. The van der Waals surface area contributed by atoms with Gasteiger partial charge in [0, 0.05) is 24.4 Å². The molecule has 0 saturated carbocycles. The van der Waals surface area contributed by atoms with E-state index in [0.717, 1.165) is 4.90 Å². The van der Waals surface area contributed by atoms with Crippen LogP contribution in [0.3, 0.4) is 0 Å². The standard InChI is InChI=1S/C30H30F3N3O5/c1-19-15-20(11-12-23(19)27(37)39-5)24-18-35-17-22(40-21-9-7-6-8-10-21)16-25(26(35)34-24)36(14-13-30(31,32)33)28(38)41-29(2,3)4/h6-12,15-18H,13-14H2,1-5H3. The Kier molecular flexibility index (Phi) is 8.27. The highest BCUT2D eigenvalue weighted by Crippen LogP contribution is 2.34. The summed E-state index contributed by atoms with van der Waals surface area (Å²) in [5.74, 6) is 0.276. The number of hydrogen-bond acceptors (Lipinski definition) is 6. The summed E-state index contributed by atoms with van der Waals surface area (Å²) >= 11 is 0. The lowest BCUT2D eigenvalue weighted by molar-refractivity contribution is -0.132. The summed E-state index contributed by atoms with van der Waals surface area (Å²) in [6.45, 7) is 5.95. The molecule has 2 heterocycles. The number of ether oxygens (including phenoxy) is 3. The third kappa shape index (κ3) is 7.36. The van der Waals surface area contributed by atoms with Gasteiger partial charge in [-0.05, 0) is 57.5 Å². The quantitative estimate of drug-likeness (QED) is 0.213. The molecule has 1 amide bonds. The minimum atomic E-state index is -4.52. The van der Waals surface area contributed by atoms with E-state index in [0.29, 0.717) is 28.1 Å². The lowest BCUT2D eigenvalue weighted by Crippen LogP contribution is -2.39. The van der Waals surface area contributed by atoms with Gasteiger partial charge in [-0.25, -0.2) is 14.6 Å². The van der Waals surface area contributed by atoms with Crippen molar-refractivity contribution in [1.82, 2.24) is 9.38 Å². The molecule has 11 heteroatoms. The van der Waals surface area contributed by atoms with Gasteiger partial charge < -0.3 is 18.6 Å². The average Bonchev–Trinajstić information content (AvgIpc) is 3.31. The van der Waals surface area contributed by atoms with Crippen molar-refractivity contribution in [2.75, 3.05) is 18.6 Å². The van der Waals surface area contributed by atoms with Gasteiger partial charge in [-0.1, -0.05) is 24.3 Å². The minimum absolute atomic E-state index is 0.0751. The second kappa shape index (κ2) is 11.5. The Morgan fingerprint density at radius 1 is 0.976 bits per heavy atom. The molecular formula is C30H30F3N3O5. The highest BCUT2D eigenvalue weighted by Gasteiger charge is 2.33.